The number of hydrogen-bond donors (Lipinski definition) is 2. The van der Waals surface area contributed by atoms with Crippen molar-refractivity contribution in [1.82, 2.24) is 24.8 Å². The molecule has 4 rings (SSSR count). The summed E-state index contributed by atoms with van der Waals surface area (Å²) >= 11 is 6.05. The summed E-state index contributed by atoms with van der Waals surface area (Å²) in [5, 5.41) is 4.22. The molecule has 28 heavy (non-hydrogen) atoms. The fourth-order valence-electron chi connectivity index (χ4n) is 3.48. The lowest BCUT2D eigenvalue weighted by molar-refractivity contribution is -0.131. The van der Waals surface area contributed by atoms with E-state index in [-0.39, 0.29) is 11.7 Å². The number of carbonyl (C=O) groups is 1. The normalized spacial score (nSPS) is 17.8. The van der Waals surface area contributed by atoms with E-state index < -0.39 is 11.9 Å². The number of aromatic amines is 1. The molecule has 1 amide bonds. The summed E-state index contributed by atoms with van der Waals surface area (Å²) < 4.78 is 14.4. The van der Waals surface area contributed by atoms with E-state index in [0.717, 1.165) is 31.0 Å². The lowest BCUT2D eigenvalue weighted by Crippen LogP contribution is -2.41. The molecule has 1 atom stereocenters. The maximum atomic E-state index is 14.4. The number of hydrogen-bond acceptors (Lipinski definition) is 5. The number of rotatable bonds is 4. The molecule has 0 saturated carbocycles. The van der Waals surface area contributed by atoms with Crippen LogP contribution in [0.15, 0.2) is 24.7 Å². The first-order chi connectivity index (χ1) is 13.6. The molecule has 0 aliphatic carbocycles. The summed E-state index contributed by atoms with van der Waals surface area (Å²) in [6, 6.07) is 1.25. The number of nitrogens with one attached hydrogen (secondary N) is 2. The second-order valence-electron chi connectivity index (χ2n) is 6.75. The van der Waals surface area contributed by atoms with Gasteiger partial charge in [-0.15, -0.1) is 0 Å². The Morgan fingerprint density at radius 3 is 3.04 bits per heavy atom. The number of nitrogens with zero attached hydrogens (tertiary/aromatic N) is 4. The van der Waals surface area contributed by atoms with E-state index in [0.29, 0.717) is 35.0 Å². The molecular weight excluding hydrogens is 383 g/mol. The summed E-state index contributed by atoms with van der Waals surface area (Å²) in [6.45, 7) is 3.31. The van der Waals surface area contributed by atoms with Crippen LogP contribution in [0.25, 0.3) is 22.4 Å². The van der Waals surface area contributed by atoms with E-state index in [1.807, 2.05) is 6.92 Å². The van der Waals surface area contributed by atoms with Crippen LogP contribution in [0.3, 0.4) is 0 Å². The van der Waals surface area contributed by atoms with E-state index >= 15 is 0 Å². The molecule has 0 radical (unpaired) electrons. The van der Waals surface area contributed by atoms with Gasteiger partial charge in [-0.25, -0.2) is 19.3 Å². The highest BCUT2D eigenvalue weighted by Crippen LogP contribution is 2.28. The van der Waals surface area contributed by atoms with Crippen LogP contribution in [0, 0.1) is 5.82 Å². The first-order valence-electron chi connectivity index (χ1n) is 9.27. The quantitative estimate of drug-likeness (QED) is 0.696. The average Bonchev–Trinajstić information content (AvgIpc) is 3.02. The maximum absolute atomic E-state index is 14.4. The molecule has 2 N–H and O–H groups in total. The van der Waals surface area contributed by atoms with Gasteiger partial charge in [-0.1, -0.05) is 11.6 Å². The van der Waals surface area contributed by atoms with Crippen LogP contribution in [0.4, 0.5) is 10.2 Å². The third-order valence-corrected chi connectivity index (χ3v) is 5.16. The second kappa shape index (κ2) is 7.71. The molecule has 0 aromatic carbocycles. The number of H-pyrrole nitrogens is 1. The minimum atomic E-state index is -0.597. The van der Waals surface area contributed by atoms with Gasteiger partial charge in [0.25, 0.3) is 0 Å². The fraction of sp³-hybridized carbons (Fsp3) is 0.368. The molecule has 0 spiro atoms. The lowest BCUT2D eigenvalue weighted by atomic mass is 10.1. The Balaban J connectivity index is 1.67. The Morgan fingerprint density at radius 2 is 2.21 bits per heavy atom. The van der Waals surface area contributed by atoms with Crippen molar-refractivity contribution in [3.8, 4) is 11.4 Å². The molecule has 1 aliphatic heterocycles. The van der Waals surface area contributed by atoms with Gasteiger partial charge in [-0.2, -0.15) is 0 Å². The van der Waals surface area contributed by atoms with Gasteiger partial charge in [0, 0.05) is 36.4 Å². The van der Waals surface area contributed by atoms with Crippen molar-refractivity contribution in [1.29, 1.82) is 0 Å². The van der Waals surface area contributed by atoms with Crippen LogP contribution in [0.2, 0.25) is 5.02 Å². The van der Waals surface area contributed by atoms with Crippen LogP contribution in [-0.2, 0) is 4.79 Å². The molecule has 1 fully saturated rings. The Kier molecular flexibility index (Phi) is 5.13. The van der Waals surface area contributed by atoms with Gasteiger partial charge >= 0.3 is 0 Å². The highest BCUT2D eigenvalue weighted by molar-refractivity contribution is 6.31. The molecule has 0 unspecified atom stereocenters. The smallest absolute Gasteiger partial charge is 0.245 e. The van der Waals surface area contributed by atoms with Gasteiger partial charge < -0.3 is 15.2 Å². The molecule has 3 aromatic rings. The minimum absolute atomic E-state index is 0.0191. The highest BCUT2D eigenvalue weighted by Gasteiger charge is 2.27. The van der Waals surface area contributed by atoms with E-state index in [9.17, 15) is 9.18 Å². The van der Waals surface area contributed by atoms with Crippen molar-refractivity contribution < 1.29 is 9.18 Å². The van der Waals surface area contributed by atoms with Crippen molar-refractivity contribution in [2.24, 2.45) is 0 Å². The molecule has 1 saturated heterocycles. The minimum Gasteiger partial charge on any atom is -0.356 e. The van der Waals surface area contributed by atoms with Crippen LogP contribution >= 0.6 is 11.6 Å². The number of likely N-dealkylation sites (tertiary alicyclic amines) is 1. The predicted molar refractivity (Wildman–Crippen MR) is 106 cm³/mol. The van der Waals surface area contributed by atoms with Gasteiger partial charge in [0.15, 0.2) is 17.5 Å². The topological polar surface area (TPSA) is 86.8 Å². The zero-order valence-electron chi connectivity index (χ0n) is 15.4. The van der Waals surface area contributed by atoms with Crippen molar-refractivity contribution in [2.75, 3.05) is 18.4 Å². The van der Waals surface area contributed by atoms with Crippen LogP contribution in [0.1, 0.15) is 26.2 Å². The number of pyridine rings is 1. The third-order valence-electron chi connectivity index (χ3n) is 4.96. The Morgan fingerprint density at radius 1 is 1.36 bits per heavy atom. The number of halogens is 2. The third kappa shape index (κ3) is 3.52. The van der Waals surface area contributed by atoms with Crippen LogP contribution < -0.4 is 5.32 Å². The first kappa shape index (κ1) is 18.6. The Bertz CT molecular complexity index is 1020. The van der Waals surface area contributed by atoms with Crippen molar-refractivity contribution >= 4 is 34.4 Å². The van der Waals surface area contributed by atoms with Gasteiger partial charge in [0.2, 0.25) is 5.91 Å². The fourth-order valence-corrected chi connectivity index (χ4v) is 3.64. The first-order valence-corrected chi connectivity index (χ1v) is 9.65. The Hall–Kier alpha value is -2.74. The summed E-state index contributed by atoms with van der Waals surface area (Å²) in [5.74, 6) is -0.277. The van der Waals surface area contributed by atoms with Gasteiger partial charge in [-0.3, -0.25) is 4.79 Å². The molecule has 9 heteroatoms. The molecular formula is C19H20ClFN6O. The number of amides is 1. The summed E-state index contributed by atoms with van der Waals surface area (Å²) in [6.07, 6.45) is 6.84. The van der Waals surface area contributed by atoms with Crippen LogP contribution in [0.5, 0.6) is 0 Å². The Labute approximate surface area is 166 Å². The highest BCUT2D eigenvalue weighted by atomic mass is 35.5. The number of anilines is 1. The zero-order chi connectivity index (χ0) is 19.7. The van der Waals surface area contributed by atoms with Gasteiger partial charge in [-0.05, 0) is 32.3 Å². The van der Waals surface area contributed by atoms with Crippen molar-refractivity contribution in [3.63, 3.8) is 0 Å². The van der Waals surface area contributed by atoms with Crippen molar-refractivity contribution in [3.05, 3.63) is 35.5 Å². The number of fused-ring (bicyclic) bond motifs is 1. The zero-order valence-corrected chi connectivity index (χ0v) is 16.1. The van der Waals surface area contributed by atoms with E-state index in [4.69, 9.17) is 11.6 Å². The largest absolute Gasteiger partial charge is 0.356 e. The van der Waals surface area contributed by atoms with Gasteiger partial charge in [0.05, 0.1) is 11.2 Å². The monoisotopic (exact) mass is 402 g/mol. The number of aromatic nitrogens is 4. The molecule has 1 aliphatic rings. The molecule has 4 heterocycles. The SMILES string of the molecule is CCN1CCCC[C@H](Nc2nc(-c3c[nH]c4ncc(Cl)cc34)ncc2F)C1=O. The van der Waals surface area contributed by atoms with E-state index in [2.05, 4.69) is 25.3 Å². The average molecular weight is 403 g/mol. The number of carbonyl (C=O) groups excluding carboxylic acids is 1. The summed E-state index contributed by atoms with van der Waals surface area (Å²) in [5.41, 5.74) is 1.30. The summed E-state index contributed by atoms with van der Waals surface area (Å²) in [7, 11) is 0. The number of likely N-dealkylation sites (N-methyl/N-ethyl adjacent to an activating group) is 1. The van der Waals surface area contributed by atoms with Crippen LogP contribution in [-0.4, -0.2) is 49.9 Å². The predicted octanol–water partition coefficient (Wildman–Crippen LogP) is 3.63. The standard InChI is InChI=1S/C19H20ClFN6O/c1-2-27-6-4-3-5-15(19(27)28)25-18-14(21)10-24-17(26-18)13-9-23-16-12(13)7-11(20)8-22-16/h7-10,15H,2-6H2,1H3,(H,22,23)(H,24,25,26)/t15-/m0/s1. The summed E-state index contributed by atoms with van der Waals surface area (Å²) in [4.78, 5) is 30.2. The molecule has 146 valence electrons. The van der Waals surface area contributed by atoms with E-state index in [1.54, 1.807) is 23.4 Å². The lowest BCUT2D eigenvalue weighted by Gasteiger charge is -2.23. The maximum Gasteiger partial charge on any atom is 0.245 e. The molecule has 7 nitrogen and oxygen atoms in total. The molecule has 3 aromatic heterocycles. The molecule has 0 bridgehead atoms. The van der Waals surface area contributed by atoms with Crippen molar-refractivity contribution in [2.45, 2.75) is 32.2 Å². The van der Waals surface area contributed by atoms with Gasteiger partial charge in [0.1, 0.15) is 11.7 Å². The van der Waals surface area contributed by atoms with E-state index in [1.165, 1.54) is 0 Å². The second-order valence-corrected chi connectivity index (χ2v) is 7.19.